The topological polar surface area (TPSA) is 121 Å². The molecule has 3 unspecified atom stereocenters. The lowest BCUT2D eigenvalue weighted by atomic mass is 10.1. The summed E-state index contributed by atoms with van der Waals surface area (Å²) in [6, 6.07) is 28.3. The highest BCUT2D eigenvalue weighted by Gasteiger charge is 2.41. The number of aryl methyl sites for hydroxylation is 4. The van der Waals surface area contributed by atoms with Crippen molar-refractivity contribution in [2.75, 3.05) is 15.6 Å². The van der Waals surface area contributed by atoms with Crippen LogP contribution >= 0.6 is 46.6 Å². The number of hydrogen-bond donors (Lipinski definition) is 3. The van der Waals surface area contributed by atoms with Crippen LogP contribution in [0.1, 0.15) is 42.5 Å². The van der Waals surface area contributed by atoms with Gasteiger partial charge in [0.15, 0.2) is 12.2 Å². The van der Waals surface area contributed by atoms with Crippen molar-refractivity contribution in [2.24, 2.45) is 4.99 Å². The third kappa shape index (κ3) is 10.1. The predicted molar refractivity (Wildman–Crippen MR) is 236 cm³/mol. The Morgan fingerprint density at radius 1 is 0.810 bits per heavy atom. The molecule has 3 N–H and O–H groups in total. The normalized spacial score (nSPS) is 15.5. The second kappa shape index (κ2) is 18.6. The monoisotopic (exact) mass is 857 g/mol. The number of amides is 3. The van der Waals surface area contributed by atoms with Crippen molar-refractivity contribution < 1.29 is 23.9 Å². The molecular weight excluding hydrogens is 817 g/mol. The van der Waals surface area contributed by atoms with E-state index in [4.69, 9.17) is 49.3 Å². The van der Waals surface area contributed by atoms with Gasteiger partial charge >= 0.3 is 0 Å². The van der Waals surface area contributed by atoms with Crippen LogP contribution in [0.5, 0.6) is 11.5 Å². The first-order valence-corrected chi connectivity index (χ1v) is 20.5. The molecule has 1 fully saturated rings. The third-order valence-electron chi connectivity index (χ3n) is 9.18. The van der Waals surface area contributed by atoms with Crippen LogP contribution in [0.2, 0.25) is 15.1 Å². The van der Waals surface area contributed by atoms with E-state index >= 15 is 0 Å². The standard InChI is InChI=1S/C44H42Cl3N5O5S/c1-7-36(57-38-19-13-25(3)21-27(38)5)43(54)48-30-15-17-31(46)34(23-30)49-41-40(44(55)52(51-41)35-22-29(45)14-16-32(35)47)58-39-11-9-8-10-33(39)50-42(53)28(6)56-37-18-12-24(2)20-26(37)4/h8-23,28,36,40H,7H2,1-6H3,(H,48,54)(H,49,51)(H,50,53). The van der Waals surface area contributed by atoms with E-state index in [0.29, 0.717) is 44.9 Å². The summed E-state index contributed by atoms with van der Waals surface area (Å²) in [6.45, 7) is 11.4. The molecule has 6 rings (SSSR count). The Labute approximate surface area is 357 Å². The number of rotatable bonds is 13. The van der Waals surface area contributed by atoms with Gasteiger partial charge in [0.25, 0.3) is 17.7 Å². The number of benzene rings is 5. The van der Waals surface area contributed by atoms with Crippen molar-refractivity contribution in [1.82, 2.24) is 5.43 Å². The number of halogens is 3. The predicted octanol–water partition coefficient (Wildman–Crippen LogP) is 10.8. The summed E-state index contributed by atoms with van der Waals surface area (Å²) in [4.78, 5) is 46.7. The number of amidine groups is 1. The Kier molecular flexibility index (Phi) is 13.6. The molecule has 0 spiro atoms. The molecule has 0 radical (unpaired) electrons. The van der Waals surface area contributed by atoms with Gasteiger partial charge in [-0.25, -0.2) is 10.0 Å². The van der Waals surface area contributed by atoms with E-state index < -0.39 is 23.4 Å². The van der Waals surface area contributed by atoms with Crippen molar-refractivity contribution in [3.8, 4) is 11.5 Å². The Morgan fingerprint density at radius 2 is 1.47 bits per heavy atom. The minimum Gasteiger partial charge on any atom is -0.481 e. The molecule has 1 heterocycles. The maximum absolute atomic E-state index is 14.3. The smallest absolute Gasteiger partial charge is 0.266 e. The summed E-state index contributed by atoms with van der Waals surface area (Å²) >= 11 is 20.8. The van der Waals surface area contributed by atoms with E-state index in [1.165, 1.54) is 16.8 Å². The quantitative estimate of drug-likeness (QED) is 0.108. The minimum absolute atomic E-state index is 0.216. The Morgan fingerprint density at radius 3 is 2.14 bits per heavy atom. The van der Waals surface area contributed by atoms with Crippen molar-refractivity contribution in [2.45, 2.75) is 70.3 Å². The van der Waals surface area contributed by atoms with E-state index in [9.17, 15) is 14.4 Å². The fourth-order valence-corrected chi connectivity index (χ4v) is 7.74. The number of ether oxygens (including phenoxy) is 2. The average molecular weight is 859 g/mol. The first-order valence-electron chi connectivity index (χ1n) is 18.5. The molecule has 3 amide bonds. The van der Waals surface area contributed by atoms with Crippen molar-refractivity contribution in [1.29, 1.82) is 0 Å². The van der Waals surface area contributed by atoms with Crippen LogP contribution in [-0.2, 0) is 14.4 Å². The maximum atomic E-state index is 14.3. The highest BCUT2D eigenvalue weighted by Crippen LogP contribution is 2.39. The summed E-state index contributed by atoms with van der Waals surface area (Å²) < 4.78 is 12.1. The second-order valence-electron chi connectivity index (χ2n) is 13.8. The molecule has 1 aliphatic heterocycles. The van der Waals surface area contributed by atoms with E-state index in [-0.39, 0.29) is 33.4 Å². The van der Waals surface area contributed by atoms with Crippen LogP contribution in [0.3, 0.4) is 0 Å². The third-order valence-corrected chi connectivity index (χ3v) is 11.3. The van der Waals surface area contributed by atoms with Crippen molar-refractivity contribution in [3.63, 3.8) is 0 Å². The molecule has 1 saturated heterocycles. The number of nitrogens with one attached hydrogen (secondary N) is 3. The highest BCUT2D eigenvalue weighted by molar-refractivity contribution is 8.01. The average Bonchev–Trinajstić information content (AvgIpc) is 3.48. The van der Waals surface area contributed by atoms with Gasteiger partial charge in [0, 0.05) is 15.6 Å². The van der Waals surface area contributed by atoms with Crippen LogP contribution in [0.25, 0.3) is 0 Å². The summed E-state index contributed by atoms with van der Waals surface area (Å²) in [5.74, 6) is 0.323. The molecular formula is C44H42Cl3N5O5S. The Balaban J connectivity index is 1.28. The zero-order valence-electron chi connectivity index (χ0n) is 32.7. The van der Waals surface area contributed by atoms with Gasteiger partial charge in [0.2, 0.25) is 0 Å². The molecule has 1 aliphatic rings. The van der Waals surface area contributed by atoms with Gasteiger partial charge in [0.1, 0.15) is 22.6 Å². The van der Waals surface area contributed by atoms with Crippen LogP contribution in [0.15, 0.2) is 107 Å². The number of carbonyl (C=O) groups is 3. The SMILES string of the molecule is CCC(Oc1ccc(C)cc1C)C(=O)Nc1ccc(Cl)c(N=C2NN(c3cc(Cl)ccc3Cl)C(=O)C2Sc2ccccc2NC(=O)C(C)Oc2ccc(C)cc2C)c1. The van der Waals surface area contributed by atoms with Crippen LogP contribution < -0.4 is 30.5 Å². The molecule has 0 bridgehead atoms. The Bertz CT molecular complexity index is 2410. The van der Waals surface area contributed by atoms with E-state index in [1.807, 2.05) is 71.0 Å². The summed E-state index contributed by atoms with van der Waals surface area (Å²) in [5, 5.41) is 7.11. The largest absolute Gasteiger partial charge is 0.481 e. The van der Waals surface area contributed by atoms with Crippen molar-refractivity contribution >= 4 is 92.9 Å². The van der Waals surface area contributed by atoms with Gasteiger partial charge in [-0.15, -0.1) is 11.8 Å². The molecule has 0 saturated carbocycles. The van der Waals surface area contributed by atoms with E-state index in [2.05, 4.69) is 16.1 Å². The Hall–Kier alpha value is -5.20. The lowest BCUT2D eigenvalue weighted by Crippen LogP contribution is -2.36. The van der Waals surface area contributed by atoms with Gasteiger partial charge in [-0.3, -0.25) is 19.8 Å². The highest BCUT2D eigenvalue weighted by atomic mass is 35.5. The van der Waals surface area contributed by atoms with Gasteiger partial charge < -0.3 is 20.1 Å². The molecule has 5 aromatic rings. The first kappa shape index (κ1) is 42.4. The first-order chi connectivity index (χ1) is 27.7. The zero-order chi connectivity index (χ0) is 41.7. The maximum Gasteiger partial charge on any atom is 0.266 e. The number of aliphatic imine (C=N–C) groups is 1. The molecule has 10 nitrogen and oxygen atoms in total. The number of anilines is 3. The van der Waals surface area contributed by atoms with E-state index in [1.54, 1.807) is 67.6 Å². The molecule has 5 aromatic carbocycles. The molecule has 58 heavy (non-hydrogen) atoms. The lowest BCUT2D eigenvalue weighted by Gasteiger charge is -2.19. The molecule has 300 valence electrons. The zero-order valence-corrected chi connectivity index (χ0v) is 35.7. The van der Waals surface area contributed by atoms with Gasteiger partial charge in [-0.2, -0.15) is 0 Å². The fraction of sp³-hybridized carbons (Fsp3) is 0.227. The van der Waals surface area contributed by atoms with Crippen LogP contribution in [-0.4, -0.2) is 41.0 Å². The number of carbonyl (C=O) groups excluding carboxylic acids is 3. The summed E-state index contributed by atoms with van der Waals surface area (Å²) in [6.07, 6.45) is -1.16. The van der Waals surface area contributed by atoms with E-state index in [0.717, 1.165) is 22.3 Å². The van der Waals surface area contributed by atoms with Crippen LogP contribution in [0.4, 0.5) is 22.7 Å². The molecule has 0 aromatic heterocycles. The number of thioether (sulfide) groups is 1. The molecule has 3 atom stereocenters. The summed E-state index contributed by atoms with van der Waals surface area (Å²) in [5.41, 5.74) is 8.62. The molecule has 14 heteroatoms. The van der Waals surface area contributed by atoms with Crippen molar-refractivity contribution in [3.05, 3.63) is 134 Å². The summed E-state index contributed by atoms with van der Waals surface area (Å²) in [7, 11) is 0. The number of nitrogens with zero attached hydrogens (tertiary/aromatic N) is 2. The van der Waals surface area contributed by atoms with Crippen LogP contribution in [0, 0.1) is 27.7 Å². The number of hydrogen-bond acceptors (Lipinski definition) is 7. The molecule has 0 aliphatic carbocycles. The van der Waals surface area contributed by atoms with Gasteiger partial charge in [-0.05, 0) is 113 Å². The van der Waals surface area contributed by atoms with Gasteiger partial charge in [0.05, 0.1) is 27.1 Å². The van der Waals surface area contributed by atoms with Gasteiger partial charge in [-0.1, -0.05) is 89.3 Å². The number of hydrazine groups is 1. The number of para-hydroxylation sites is 1. The lowest BCUT2D eigenvalue weighted by molar-refractivity contribution is -0.123. The minimum atomic E-state index is -0.970. The fourth-order valence-electron chi connectivity index (χ4n) is 6.13. The second-order valence-corrected chi connectivity index (χ2v) is 16.2.